The first-order valence-corrected chi connectivity index (χ1v) is 10.9. The third kappa shape index (κ3) is 2.41. The van der Waals surface area contributed by atoms with Crippen LogP contribution >= 0.6 is 0 Å². The highest BCUT2D eigenvalue weighted by Gasteiger charge is 2.63. The second-order valence-electron chi connectivity index (χ2n) is 10.2. The summed E-state index contributed by atoms with van der Waals surface area (Å²) in [6.45, 7) is 6.77. The van der Waals surface area contributed by atoms with Crippen molar-refractivity contribution in [3.8, 4) is 0 Å². The van der Waals surface area contributed by atoms with Crippen LogP contribution in [0.3, 0.4) is 0 Å². The Morgan fingerprint density at radius 2 is 1.81 bits per heavy atom. The van der Waals surface area contributed by atoms with Crippen molar-refractivity contribution in [3.63, 3.8) is 0 Å². The molecule has 4 saturated carbocycles. The molecule has 0 N–H and O–H groups in total. The average molecular weight is 359 g/mol. The van der Waals surface area contributed by atoms with Crippen molar-refractivity contribution in [2.45, 2.75) is 85.0 Å². The molecule has 0 aromatic heterocycles. The van der Waals surface area contributed by atoms with Crippen molar-refractivity contribution in [3.05, 3.63) is 0 Å². The number of hydrogen-bond acceptors (Lipinski definition) is 3. The van der Waals surface area contributed by atoms with Gasteiger partial charge in [0.2, 0.25) is 5.78 Å². The Balaban J connectivity index is 1.66. The van der Waals surface area contributed by atoms with E-state index < -0.39 is 0 Å². The molecule has 3 nitrogen and oxygen atoms in total. The van der Waals surface area contributed by atoms with E-state index in [0.29, 0.717) is 35.9 Å². The molecule has 4 aliphatic rings. The third-order valence-electron chi connectivity index (χ3n) is 9.12. The molecule has 0 radical (unpaired) electrons. The molecule has 26 heavy (non-hydrogen) atoms. The molecule has 7 atom stereocenters. The molecule has 3 heteroatoms. The van der Waals surface area contributed by atoms with Crippen molar-refractivity contribution >= 4 is 17.3 Å². The summed E-state index contributed by atoms with van der Waals surface area (Å²) in [5, 5.41) is 0. The van der Waals surface area contributed by atoms with Crippen LogP contribution in [0.4, 0.5) is 0 Å². The van der Waals surface area contributed by atoms with Crippen molar-refractivity contribution in [1.82, 2.24) is 0 Å². The Morgan fingerprint density at radius 1 is 1.04 bits per heavy atom. The molecule has 0 aliphatic heterocycles. The Hall–Kier alpha value is -0.990. The van der Waals surface area contributed by atoms with E-state index >= 15 is 0 Å². The minimum Gasteiger partial charge on any atom is -0.299 e. The van der Waals surface area contributed by atoms with Crippen molar-refractivity contribution in [2.24, 2.45) is 40.4 Å². The van der Waals surface area contributed by atoms with Gasteiger partial charge in [0.25, 0.3) is 0 Å². The van der Waals surface area contributed by atoms with Gasteiger partial charge >= 0.3 is 0 Å². The van der Waals surface area contributed by atoms with E-state index in [1.54, 1.807) is 0 Å². The summed E-state index contributed by atoms with van der Waals surface area (Å²) in [4.78, 5) is 37.5. The van der Waals surface area contributed by atoms with Crippen LogP contribution in [0.25, 0.3) is 0 Å². The molecule has 0 amide bonds. The highest BCUT2D eigenvalue weighted by molar-refractivity contribution is 6.38. The van der Waals surface area contributed by atoms with Gasteiger partial charge in [0.1, 0.15) is 5.78 Å². The van der Waals surface area contributed by atoms with Gasteiger partial charge in [-0.15, -0.1) is 0 Å². The zero-order valence-electron chi connectivity index (χ0n) is 16.7. The maximum atomic E-state index is 12.9. The van der Waals surface area contributed by atoms with E-state index in [-0.39, 0.29) is 28.3 Å². The Kier molecular flexibility index (Phi) is 4.44. The van der Waals surface area contributed by atoms with Gasteiger partial charge < -0.3 is 0 Å². The highest BCUT2D eigenvalue weighted by Crippen LogP contribution is 2.66. The van der Waals surface area contributed by atoms with Gasteiger partial charge in [-0.3, -0.25) is 14.4 Å². The predicted molar refractivity (Wildman–Crippen MR) is 101 cm³/mol. The lowest BCUT2D eigenvalue weighted by atomic mass is 9.44. The van der Waals surface area contributed by atoms with Gasteiger partial charge in [-0.25, -0.2) is 0 Å². The second-order valence-corrected chi connectivity index (χ2v) is 10.2. The van der Waals surface area contributed by atoms with Gasteiger partial charge in [0, 0.05) is 24.2 Å². The molecular weight excluding hydrogens is 324 g/mol. The van der Waals surface area contributed by atoms with Gasteiger partial charge in [-0.2, -0.15) is 0 Å². The van der Waals surface area contributed by atoms with Crippen LogP contribution in [-0.4, -0.2) is 17.3 Å². The minimum atomic E-state index is -0.136. The molecule has 0 heterocycles. The van der Waals surface area contributed by atoms with Crippen molar-refractivity contribution in [1.29, 1.82) is 0 Å². The molecular formula is C23H34O3. The maximum absolute atomic E-state index is 12.9. The number of carbonyl (C=O) groups excluding carboxylic acids is 3. The quantitative estimate of drug-likeness (QED) is 0.683. The predicted octanol–water partition coefficient (Wildman–Crippen LogP) is 4.76. The van der Waals surface area contributed by atoms with Crippen LogP contribution in [0.5, 0.6) is 0 Å². The van der Waals surface area contributed by atoms with Crippen LogP contribution in [0.2, 0.25) is 0 Å². The van der Waals surface area contributed by atoms with E-state index in [1.165, 1.54) is 19.3 Å². The first-order valence-electron chi connectivity index (χ1n) is 10.9. The monoisotopic (exact) mass is 358 g/mol. The Bertz CT molecular complexity index is 637. The van der Waals surface area contributed by atoms with Gasteiger partial charge in [-0.05, 0) is 67.6 Å². The fourth-order valence-electron chi connectivity index (χ4n) is 7.74. The summed E-state index contributed by atoms with van der Waals surface area (Å²) >= 11 is 0. The lowest BCUT2D eigenvalue weighted by Crippen LogP contribution is -2.56. The number of unbranched alkanes of at least 4 members (excludes halogenated alkanes) is 1. The van der Waals surface area contributed by atoms with E-state index in [1.807, 2.05) is 0 Å². The summed E-state index contributed by atoms with van der Waals surface area (Å²) in [6.07, 6.45) is 9.65. The molecule has 4 fully saturated rings. The third-order valence-corrected chi connectivity index (χ3v) is 9.12. The van der Waals surface area contributed by atoms with Crippen LogP contribution in [0.15, 0.2) is 0 Å². The molecule has 0 bridgehead atoms. The normalized spacial score (nSPS) is 48.1. The fourth-order valence-corrected chi connectivity index (χ4v) is 7.74. The van der Waals surface area contributed by atoms with Crippen molar-refractivity contribution in [2.75, 3.05) is 0 Å². The number of ketones is 3. The largest absolute Gasteiger partial charge is 0.299 e. The van der Waals surface area contributed by atoms with Crippen LogP contribution < -0.4 is 0 Å². The standard InChI is InChI=1S/C23H34O3/c1-4-5-6-14-13-19(25)23(3)11-9-16-15(20(14)23)7-8-17-21(26)18(24)10-12-22(16,17)2/h14-17,20H,4-13H2,1-3H3/t14?,15-,16-,17?,20+,22-,23-/m1/s1. The van der Waals surface area contributed by atoms with E-state index in [4.69, 9.17) is 0 Å². The van der Waals surface area contributed by atoms with Crippen LogP contribution in [-0.2, 0) is 14.4 Å². The molecule has 0 aromatic rings. The number of carbonyl (C=O) groups is 3. The SMILES string of the molecule is CCCCC1CC(=O)[C@@]2(C)CC[C@@H]3[C@@H](CCC4C(=O)C(=O)CC[C@@]43C)[C@H]12. The molecule has 0 saturated heterocycles. The summed E-state index contributed by atoms with van der Waals surface area (Å²) in [5.74, 6) is 2.37. The molecule has 0 aromatic carbocycles. The topological polar surface area (TPSA) is 51.2 Å². The van der Waals surface area contributed by atoms with Gasteiger partial charge in [0.15, 0.2) is 5.78 Å². The van der Waals surface area contributed by atoms with Gasteiger partial charge in [0.05, 0.1) is 0 Å². The minimum absolute atomic E-state index is 0.0177. The van der Waals surface area contributed by atoms with Crippen molar-refractivity contribution < 1.29 is 14.4 Å². The summed E-state index contributed by atoms with van der Waals surface area (Å²) in [7, 11) is 0. The molecule has 144 valence electrons. The lowest BCUT2D eigenvalue weighted by Gasteiger charge is -2.59. The number of Topliss-reactive ketones (excluding diaryl/α,β-unsaturated/α-hetero) is 3. The maximum Gasteiger partial charge on any atom is 0.201 e. The van der Waals surface area contributed by atoms with Crippen LogP contribution in [0, 0.1) is 40.4 Å². The molecule has 4 aliphatic carbocycles. The van der Waals surface area contributed by atoms with E-state index in [9.17, 15) is 14.4 Å². The zero-order chi connectivity index (χ0) is 18.7. The molecule has 4 rings (SSSR count). The molecule has 2 unspecified atom stereocenters. The number of hydrogen-bond donors (Lipinski definition) is 0. The smallest absolute Gasteiger partial charge is 0.201 e. The fraction of sp³-hybridized carbons (Fsp3) is 0.870. The summed E-state index contributed by atoms with van der Waals surface area (Å²) in [5.41, 5.74) is -0.145. The van der Waals surface area contributed by atoms with E-state index in [2.05, 4.69) is 20.8 Å². The first-order chi connectivity index (χ1) is 12.3. The van der Waals surface area contributed by atoms with Crippen LogP contribution in [0.1, 0.15) is 85.0 Å². The first kappa shape index (κ1) is 18.4. The summed E-state index contributed by atoms with van der Waals surface area (Å²) < 4.78 is 0. The Morgan fingerprint density at radius 3 is 2.54 bits per heavy atom. The zero-order valence-corrected chi connectivity index (χ0v) is 16.7. The molecule has 0 spiro atoms. The number of fused-ring (bicyclic) bond motifs is 5. The number of rotatable bonds is 3. The lowest BCUT2D eigenvalue weighted by molar-refractivity contribution is -0.160. The average Bonchev–Trinajstić information content (AvgIpc) is 2.87. The Labute approximate surface area is 157 Å². The summed E-state index contributed by atoms with van der Waals surface area (Å²) in [6, 6.07) is 0. The van der Waals surface area contributed by atoms with E-state index in [0.717, 1.165) is 38.5 Å². The second kappa shape index (κ2) is 6.27. The van der Waals surface area contributed by atoms with Gasteiger partial charge in [-0.1, -0.05) is 33.6 Å². The highest BCUT2D eigenvalue weighted by atomic mass is 16.2.